The molecular weight excluding hydrogens is 432 g/mol. The van der Waals surface area contributed by atoms with Gasteiger partial charge in [-0.3, -0.25) is 4.79 Å². The number of hydrogen-bond acceptors (Lipinski definition) is 4. The van der Waals surface area contributed by atoms with Crippen molar-refractivity contribution in [1.29, 1.82) is 5.26 Å². The number of carbonyl (C=O) groups is 1. The highest BCUT2D eigenvalue weighted by Crippen LogP contribution is 2.45. The third-order valence-electron chi connectivity index (χ3n) is 6.18. The fraction of sp³-hybridized carbons (Fsp3) is 0.333. The predicted octanol–water partition coefficient (Wildman–Crippen LogP) is 7.24. The predicted molar refractivity (Wildman–Crippen MR) is 134 cm³/mol. The Hall–Kier alpha value is -2.55. The van der Waals surface area contributed by atoms with Gasteiger partial charge in [-0.05, 0) is 53.9 Å². The molecule has 0 aliphatic heterocycles. The molecule has 1 aliphatic carbocycles. The fourth-order valence-electron chi connectivity index (χ4n) is 4.24. The first kappa shape index (κ1) is 22.6. The lowest BCUT2D eigenvalue weighted by atomic mass is 9.72. The van der Waals surface area contributed by atoms with Crippen molar-refractivity contribution in [3.05, 3.63) is 82.2 Å². The summed E-state index contributed by atoms with van der Waals surface area (Å²) in [6.45, 7) is 6.86. The number of amides is 1. The molecule has 0 saturated heterocycles. The highest BCUT2D eigenvalue weighted by Gasteiger charge is 2.33. The van der Waals surface area contributed by atoms with Crippen LogP contribution in [-0.4, -0.2) is 5.91 Å². The minimum absolute atomic E-state index is 0.0903. The van der Waals surface area contributed by atoms with Crippen LogP contribution < -0.4 is 5.32 Å². The van der Waals surface area contributed by atoms with E-state index in [0.29, 0.717) is 16.5 Å². The van der Waals surface area contributed by atoms with Gasteiger partial charge in [0.05, 0.1) is 5.56 Å². The van der Waals surface area contributed by atoms with Crippen molar-refractivity contribution >= 4 is 34.0 Å². The molecule has 2 atom stereocenters. The van der Waals surface area contributed by atoms with Gasteiger partial charge in [0.1, 0.15) is 16.3 Å². The van der Waals surface area contributed by atoms with Gasteiger partial charge >= 0.3 is 0 Å². The van der Waals surface area contributed by atoms with E-state index in [-0.39, 0.29) is 11.3 Å². The first-order valence-corrected chi connectivity index (χ1v) is 12.7. The van der Waals surface area contributed by atoms with E-state index in [4.69, 9.17) is 0 Å². The van der Waals surface area contributed by atoms with Crippen LogP contribution in [0.4, 0.5) is 5.00 Å². The Balaban J connectivity index is 1.61. The molecule has 1 aromatic heterocycles. The van der Waals surface area contributed by atoms with Crippen LogP contribution >= 0.6 is 23.1 Å². The molecular formula is C27H28N2OS2. The number of nitrogens with one attached hydrogen (secondary N) is 1. The zero-order valence-corrected chi connectivity index (χ0v) is 20.4. The minimum atomic E-state index is -0.397. The number of anilines is 1. The zero-order valence-electron chi connectivity index (χ0n) is 18.7. The van der Waals surface area contributed by atoms with Crippen LogP contribution in [0, 0.1) is 22.7 Å². The van der Waals surface area contributed by atoms with Gasteiger partial charge in [0.15, 0.2) is 0 Å². The number of nitrogens with zero attached hydrogens (tertiary/aromatic N) is 1. The molecule has 32 heavy (non-hydrogen) atoms. The SMILES string of the molecule is CC(C)(C)C1CCc2c(sc(NC(=O)C(Sc3ccccc3)c3ccccc3)c2C#N)C1. The van der Waals surface area contributed by atoms with Crippen LogP contribution in [0.25, 0.3) is 0 Å². The minimum Gasteiger partial charge on any atom is -0.315 e. The largest absolute Gasteiger partial charge is 0.315 e. The standard InChI is InChI=1S/C27H28N2OS2/c1-27(2,3)19-14-15-21-22(17-28)26(32-23(21)16-19)29-25(30)24(18-10-6-4-7-11-18)31-20-12-8-5-9-13-20/h4-13,19,24H,14-16H2,1-3H3,(H,29,30). The first-order valence-electron chi connectivity index (χ1n) is 11.0. The van der Waals surface area contributed by atoms with E-state index in [0.717, 1.165) is 35.3 Å². The smallest absolute Gasteiger partial charge is 0.243 e. The maximum Gasteiger partial charge on any atom is 0.243 e. The first-order chi connectivity index (χ1) is 15.4. The van der Waals surface area contributed by atoms with Gasteiger partial charge in [-0.25, -0.2) is 0 Å². The zero-order chi connectivity index (χ0) is 22.7. The van der Waals surface area contributed by atoms with Crippen molar-refractivity contribution in [2.45, 2.75) is 50.2 Å². The Morgan fingerprint density at radius 3 is 2.41 bits per heavy atom. The number of benzene rings is 2. The molecule has 0 fully saturated rings. The van der Waals surface area contributed by atoms with E-state index < -0.39 is 5.25 Å². The number of thioether (sulfide) groups is 1. The van der Waals surface area contributed by atoms with Crippen LogP contribution in [0.15, 0.2) is 65.6 Å². The number of fused-ring (bicyclic) bond motifs is 1. The lowest BCUT2D eigenvalue weighted by Crippen LogP contribution is -2.26. The summed E-state index contributed by atoms with van der Waals surface area (Å²) in [6.07, 6.45) is 2.98. The van der Waals surface area contributed by atoms with Gasteiger partial charge in [-0.15, -0.1) is 23.1 Å². The molecule has 4 rings (SSSR count). The molecule has 0 spiro atoms. The number of thiophene rings is 1. The summed E-state index contributed by atoms with van der Waals surface area (Å²) in [5.74, 6) is 0.502. The summed E-state index contributed by atoms with van der Waals surface area (Å²) < 4.78 is 0. The average molecular weight is 461 g/mol. The summed E-state index contributed by atoms with van der Waals surface area (Å²) in [7, 11) is 0. The van der Waals surface area contributed by atoms with Crippen LogP contribution in [0.3, 0.4) is 0 Å². The summed E-state index contributed by atoms with van der Waals surface area (Å²) in [4.78, 5) is 15.8. The Kier molecular flexibility index (Phi) is 6.74. The van der Waals surface area contributed by atoms with Gasteiger partial charge < -0.3 is 5.32 Å². The van der Waals surface area contributed by atoms with E-state index in [9.17, 15) is 10.1 Å². The highest BCUT2D eigenvalue weighted by molar-refractivity contribution is 8.00. The molecule has 0 bridgehead atoms. The maximum atomic E-state index is 13.5. The second kappa shape index (κ2) is 9.52. The van der Waals surface area contributed by atoms with Crippen molar-refractivity contribution < 1.29 is 4.79 Å². The number of nitriles is 1. The Bertz CT molecular complexity index is 1120. The Labute approximate surface area is 198 Å². The molecule has 1 amide bonds. The van der Waals surface area contributed by atoms with E-state index >= 15 is 0 Å². The van der Waals surface area contributed by atoms with Gasteiger partial charge in [-0.2, -0.15) is 5.26 Å². The number of hydrogen-bond donors (Lipinski definition) is 1. The molecule has 2 aromatic carbocycles. The number of carbonyl (C=O) groups excluding carboxylic acids is 1. The van der Waals surface area contributed by atoms with Crippen molar-refractivity contribution in [3.63, 3.8) is 0 Å². The van der Waals surface area contributed by atoms with Crippen molar-refractivity contribution in [2.75, 3.05) is 5.32 Å². The van der Waals surface area contributed by atoms with Crippen LogP contribution in [0.1, 0.15) is 54.0 Å². The van der Waals surface area contributed by atoms with Gasteiger partial charge in [0.25, 0.3) is 0 Å². The van der Waals surface area contributed by atoms with E-state index in [2.05, 4.69) is 32.2 Å². The fourth-order valence-corrected chi connectivity index (χ4v) is 6.57. The maximum absolute atomic E-state index is 13.5. The second-order valence-electron chi connectivity index (χ2n) is 9.34. The van der Waals surface area contributed by atoms with Crippen molar-refractivity contribution in [1.82, 2.24) is 0 Å². The average Bonchev–Trinajstić information content (AvgIpc) is 3.14. The van der Waals surface area contributed by atoms with Crippen LogP contribution in [0.5, 0.6) is 0 Å². The normalized spacial score (nSPS) is 16.6. The molecule has 1 heterocycles. The molecule has 2 unspecified atom stereocenters. The summed E-state index contributed by atoms with van der Waals surface area (Å²) in [5.41, 5.74) is 2.98. The Morgan fingerprint density at radius 1 is 1.12 bits per heavy atom. The van der Waals surface area contributed by atoms with E-state index in [1.165, 1.54) is 16.6 Å². The van der Waals surface area contributed by atoms with Crippen molar-refractivity contribution in [3.8, 4) is 6.07 Å². The van der Waals surface area contributed by atoms with Gasteiger partial charge in [-0.1, -0.05) is 69.3 Å². The molecule has 5 heteroatoms. The third kappa shape index (κ3) is 4.92. The second-order valence-corrected chi connectivity index (χ2v) is 11.6. The lowest BCUT2D eigenvalue weighted by Gasteiger charge is -2.33. The Morgan fingerprint density at radius 2 is 1.78 bits per heavy atom. The molecule has 1 aliphatic rings. The topological polar surface area (TPSA) is 52.9 Å². The number of rotatable bonds is 5. The quantitative estimate of drug-likeness (QED) is 0.408. The summed E-state index contributed by atoms with van der Waals surface area (Å²) >= 11 is 3.12. The van der Waals surface area contributed by atoms with E-state index in [1.54, 1.807) is 11.3 Å². The molecule has 3 nitrogen and oxygen atoms in total. The third-order valence-corrected chi connectivity index (χ3v) is 8.61. The molecule has 0 saturated carbocycles. The summed E-state index contributed by atoms with van der Waals surface area (Å²) in [5, 5.41) is 13.3. The monoisotopic (exact) mass is 460 g/mol. The molecule has 3 aromatic rings. The summed E-state index contributed by atoms with van der Waals surface area (Å²) in [6, 6.07) is 22.2. The van der Waals surface area contributed by atoms with Crippen molar-refractivity contribution in [2.24, 2.45) is 11.3 Å². The molecule has 0 radical (unpaired) electrons. The molecule has 164 valence electrons. The lowest BCUT2D eigenvalue weighted by molar-refractivity contribution is -0.115. The van der Waals surface area contributed by atoms with Crippen LogP contribution in [0.2, 0.25) is 0 Å². The van der Waals surface area contributed by atoms with Gasteiger partial charge in [0, 0.05) is 9.77 Å². The highest BCUT2D eigenvalue weighted by atomic mass is 32.2. The van der Waals surface area contributed by atoms with Gasteiger partial charge in [0.2, 0.25) is 5.91 Å². The van der Waals surface area contributed by atoms with E-state index in [1.807, 2.05) is 60.7 Å². The van der Waals surface area contributed by atoms with Crippen LogP contribution in [-0.2, 0) is 17.6 Å². The molecule has 1 N–H and O–H groups in total.